The fourth-order valence-corrected chi connectivity index (χ4v) is 2.19. The van der Waals surface area contributed by atoms with E-state index in [1.807, 2.05) is 31.2 Å². The molecule has 1 aromatic carbocycles. The molecule has 1 amide bonds. The van der Waals surface area contributed by atoms with Crippen LogP contribution in [0, 0.1) is 6.92 Å². The molecule has 1 heterocycles. The Labute approximate surface area is 112 Å². The quantitative estimate of drug-likeness (QED) is 0.841. The van der Waals surface area contributed by atoms with Gasteiger partial charge in [0.05, 0.1) is 13.0 Å². The van der Waals surface area contributed by atoms with Crippen molar-refractivity contribution in [2.24, 2.45) is 0 Å². The third-order valence-corrected chi connectivity index (χ3v) is 3.25. The van der Waals surface area contributed by atoms with Gasteiger partial charge in [-0.1, -0.05) is 29.8 Å². The molecule has 0 saturated carbocycles. The van der Waals surface area contributed by atoms with Gasteiger partial charge in [-0.05, 0) is 12.5 Å². The molecular formula is C14H18N2O3. The van der Waals surface area contributed by atoms with E-state index in [1.54, 1.807) is 4.90 Å². The number of carboxylic acids is 1. The highest BCUT2D eigenvalue weighted by Gasteiger charge is 2.26. The Morgan fingerprint density at radius 2 is 2.11 bits per heavy atom. The summed E-state index contributed by atoms with van der Waals surface area (Å²) in [5.74, 6) is -0.829. The average molecular weight is 262 g/mol. The van der Waals surface area contributed by atoms with Crippen LogP contribution in [0.2, 0.25) is 0 Å². The van der Waals surface area contributed by atoms with Crippen LogP contribution in [-0.2, 0) is 16.1 Å². The summed E-state index contributed by atoms with van der Waals surface area (Å²) in [6.07, 6.45) is 0.0394. The van der Waals surface area contributed by atoms with E-state index in [9.17, 15) is 9.59 Å². The molecule has 0 radical (unpaired) electrons. The molecule has 1 aromatic rings. The van der Waals surface area contributed by atoms with Gasteiger partial charge in [0.2, 0.25) is 5.91 Å². The summed E-state index contributed by atoms with van der Waals surface area (Å²) < 4.78 is 0. The van der Waals surface area contributed by atoms with E-state index in [0.29, 0.717) is 13.1 Å². The summed E-state index contributed by atoms with van der Waals surface area (Å²) in [5.41, 5.74) is 2.24. The second-order valence-electron chi connectivity index (χ2n) is 4.94. The molecule has 102 valence electrons. The number of hydrogen-bond acceptors (Lipinski definition) is 3. The first-order chi connectivity index (χ1) is 9.04. The van der Waals surface area contributed by atoms with E-state index in [-0.39, 0.29) is 24.9 Å². The fourth-order valence-electron chi connectivity index (χ4n) is 2.19. The lowest BCUT2D eigenvalue weighted by molar-refractivity contribution is -0.140. The smallest absolute Gasteiger partial charge is 0.304 e. The standard InChI is InChI=1S/C14H18N2O3/c1-10-2-4-11(5-3-10)8-16-9-12(6-14(18)19)15-7-13(16)17/h2-5,12,15H,6-9H2,1H3,(H,18,19). The Bertz CT molecular complexity index is 470. The van der Waals surface area contributed by atoms with Gasteiger partial charge in [-0.25, -0.2) is 0 Å². The van der Waals surface area contributed by atoms with E-state index in [4.69, 9.17) is 5.11 Å². The van der Waals surface area contributed by atoms with Crippen LogP contribution in [0.4, 0.5) is 0 Å². The highest BCUT2D eigenvalue weighted by atomic mass is 16.4. The molecule has 0 aromatic heterocycles. The van der Waals surface area contributed by atoms with Crippen LogP contribution in [0.1, 0.15) is 17.5 Å². The molecule has 1 atom stereocenters. The predicted molar refractivity (Wildman–Crippen MR) is 70.6 cm³/mol. The molecule has 2 rings (SSSR count). The van der Waals surface area contributed by atoms with Crippen LogP contribution in [0.15, 0.2) is 24.3 Å². The molecule has 0 aliphatic carbocycles. The van der Waals surface area contributed by atoms with Gasteiger partial charge in [-0.3, -0.25) is 9.59 Å². The summed E-state index contributed by atoms with van der Waals surface area (Å²) >= 11 is 0. The molecule has 2 N–H and O–H groups in total. The summed E-state index contributed by atoms with van der Waals surface area (Å²) in [7, 11) is 0. The Morgan fingerprint density at radius 1 is 1.42 bits per heavy atom. The van der Waals surface area contributed by atoms with Gasteiger partial charge in [0.1, 0.15) is 0 Å². The zero-order valence-electron chi connectivity index (χ0n) is 10.9. The molecular weight excluding hydrogens is 244 g/mol. The van der Waals surface area contributed by atoms with E-state index in [0.717, 1.165) is 5.56 Å². The number of amides is 1. The maximum absolute atomic E-state index is 11.8. The number of nitrogens with zero attached hydrogens (tertiary/aromatic N) is 1. The van der Waals surface area contributed by atoms with Crippen molar-refractivity contribution in [2.75, 3.05) is 13.1 Å². The van der Waals surface area contributed by atoms with Crippen molar-refractivity contribution in [2.45, 2.75) is 25.9 Å². The van der Waals surface area contributed by atoms with Gasteiger partial charge < -0.3 is 15.3 Å². The number of rotatable bonds is 4. The van der Waals surface area contributed by atoms with E-state index < -0.39 is 5.97 Å². The van der Waals surface area contributed by atoms with Crippen molar-refractivity contribution in [1.29, 1.82) is 0 Å². The molecule has 5 nitrogen and oxygen atoms in total. The normalized spacial score (nSPS) is 19.5. The van der Waals surface area contributed by atoms with E-state index >= 15 is 0 Å². The Balaban J connectivity index is 1.99. The number of hydrogen-bond donors (Lipinski definition) is 2. The van der Waals surface area contributed by atoms with Gasteiger partial charge >= 0.3 is 5.97 Å². The SMILES string of the molecule is Cc1ccc(CN2CC(CC(=O)O)NCC2=O)cc1. The van der Waals surface area contributed by atoms with Crippen molar-refractivity contribution >= 4 is 11.9 Å². The van der Waals surface area contributed by atoms with Gasteiger partial charge in [0.15, 0.2) is 0 Å². The summed E-state index contributed by atoms with van der Waals surface area (Å²) in [6, 6.07) is 7.85. The number of nitrogens with one attached hydrogen (secondary N) is 1. The number of aryl methyl sites for hydroxylation is 1. The van der Waals surface area contributed by atoms with Crippen LogP contribution in [-0.4, -0.2) is 41.0 Å². The number of aliphatic carboxylic acids is 1. The highest BCUT2D eigenvalue weighted by molar-refractivity contribution is 5.79. The topological polar surface area (TPSA) is 69.6 Å². The lowest BCUT2D eigenvalue weighted by atomic mass is 10.1. The number of carboxylic acid groups (broad SMARTS) is 1. The summed E-state index contributed by atoms with van der Waals surface area (Å²) in [4.78, 5) is 24.2. The molecule has 5 heteroatoms. The minimum Gasteiger partial charge on any atom is -0.481 e. The largest absolute Gasteiger partial charge is 0.481 e. The second kappa shape index (κ2) is 5.84. The van der Waals surface area contributed by atoms with Crippen LogP contribution < -0.4 is 5.32 Å². The van der Waals surface area contributed by atoms with Gasteiger partial charge in [0, 0.05) is 19.1 Å². The number of benzene rings is 1. The van der Waals surface area contributed by atoms with E-state index in [1.165, 1.54) is 5.56 Å². The summed E-state index contributed by atoms with van der Waals surface area (Å²) in [6.45, 7) is 3.21. The minimum atomic E-state index is -0.845. The van der Waals surface area contributed by atoms with Gasteiger partial charge in [-0.15, -0.1) is 0 Å². The van der Waals surface area contributed by atoms with Crippen LogP contribution >= 0.6 is 0 Å². The molecule has 0 spiro atoms. The average Bonchev–Trinajstić information content (AvgIpc) is 2.35. The first kappa shape index (κ1) is 13.5. The second-order valence-corrected chi connectivity index (χ2v) is 4.94. The van der Waals surface area contributed by atoms with Crippen molar-refractivity contribution < 1.29 is 14.7 Å². The van der Waals surface area contributed by atoms with Gasteiger partial charge in [-0.2, -0.15) is 0 Å². The third kappa shape index (κ3) is 3.79. The Kier molecular flexibility index (Phi) is 4.16. The number of piperazine rings is 1. The van der Waals surface area contributed by atoms with Crippen LogP contribution in [0.25, 0.3) is 0 Å². The van der Waals surface area contributed by atoms with E-state index in [2.05, 4.69) is 5.32 Å². The van der Waals surface area contributed by atoms with Crippen LogP contribution in [0.5, 0.6) is 0 Å². The lowest BCUT2D eigenvalue weighted by Gasteiger charge is -2.33. The fraction of sp³-hybridized carbons (Fsp3) is 0.429. The number of carbonyl (C=O) groups is 2. The summed E-state index contributed by atoms with van der Waals surface area (Å²) in [5, 5.41) is 11.7. The zero-order valence-corrected chi connectivity index (χ0v) is 10.9. The molecule has 1 fully saturated rings. The van der Waals surface area contributed by atoms with Crippen molar-refractivity contribution in [3.05, 3.63) is 35.4 Å². The monoisotopic (exact) mass is 262 g/mol. The minimum absolute atomic E-state index is 0.0159. The number of carbonyl (C=O) groups excluding carboxylic acids is 1. The zero-order chi connectivity index (χ0) is 13.8. The lowest BCUT2D eigenvalue weighted by Crippen LogP contribution is -2.54. The predicted octanol–water partition coefficient (Wildman–Crippen LogP) is 0.770. The van der Waals surface area contributed by atoms with Crippen LogP contribution in [0.3, 0.4) is 0 Å². The molecule has 1 unspecified atom stereocenters. The molecule has 1 saturated heterocycles. The van der Waals surface area contributed by atoms with Crippen molar-refractivity contribution in [1.82, 2.24) is 10.2 Å². The Hall–Kier alpha value is -1.88. The van der Waals surface area contributed by atoms with Crippen molar-refractivity contribution in [3.8, 4) is 0 Å². The maximum atomic E-state index is 11.8. The first-order valence-electron chi connectivity index (χ1n) is 6.33. The highest BCUT2D eigenvalue weighted by Crippen LogP contribution is 2.11. The first-order valence-corrected chi connectivity index (χ1v) is 6.33. The molecule has 1 aliphatic rings. The van der Waals surface area contributed by atoms with Crippen molar-refractivity contribution in [3.63, 3.8) is 0 Å². The molecule has 19 heavy (non-hydrogen) atoms. The molecule has 1 aliphatic heterocycles. The Morgan fingerprint density at radius 3 is 2.74 bits per heavy atom. The third-order valence-electron chi connectivity index (χ3n) is 3.25. The van der Waals surface area contributed by atoms with Gasteiger partial charge in [0.25, 0.3) is 0 Å². The maximum Gasteiger partial charge on any atom is 0.304 e. The molecule has 0 bridgehead atoms.